The highest BCUT2D eigenvalue weighted by molar-refractivity contribution is 5.98. The second kappa shape index (κ2) is 6.39. The van der Waals surface area contributed by atoms with Crippen LogP contribution in [-0.4, -0.2) is 31.1 Å². The van der Waals surface area contributed by atoms with Crippen molar-refractivity contribution in [2.75, 3.05) is 0 Å². The molecule has 0 radical (unpaired) electrons. The first kappa shape index (κ1) is 16.7. The van der Waals surface area contributed by atoms with Gasteiger partial charge in [0.15, 0.2) is 0 Å². The van der Waals surface area contributed by atoms with Crippen LogP contribution in [0.3, 0.4) is 0 Å². The van der Waals surface area contributed by atoms with Crippen LogP contribution in [0.1, 0.15) is 30.6 Å². The minimum atomic E-state index is -0.475. The van der Waals surface area contributed by atoms with E-state index in [4.69, 9.17) is 0 Å². The van der Waals surface area contributed by atoms with Crippen LogP contribution >= 0.6 is 0 Å². The SMILES string of the molecule is C=CCn1c(=O)c2ccc(C(=O)N[C@@H](C)CC)cc2n2c(=O)[nH]nc12. The van der Waals surface area contributed by atoms with Gasteiger partial charge in [-0.3, -0.25) is 14.2 Å². The number of rotatable bonds is 5. The van der Waals surface area contributed by atoms with E-state index in [0.717, 1.165) is 6.42 Å². The van der Waals surface area contributed by atoms with E-state index in [2.05, 4.69) is 22.1 Å². The zero-order chi connectivity index (χ0) is 18.1. The third-order valence-corrected chi connectivity index (χ3v) is 4.17. The molecule has 0 aliphatic rings. The summed E-state index contributed by atoms with van der Waals surface area (Å²) < 4.78 is 2.65. The van der Waals surface area contributed by atoms with Crippen molar-refractivity contribution in [3.8, 4) is 0 Å². The fourth-order valence-electron chi connectivity index (χ4n) is 2.66. The van der Waals surface area contributed by atoms with Gasteiger partial charge in [-0.25, -0.2) is 14.3 Å². The lowest BCUT2D eigenvalue weighted by molar-refractivity contribution is 0.0939. The Bertz CT molecular complexity index is 1090. The zero-order valence-corrected chi connectivity index (χ0v) is 14.1. The molecule has 3 rings (SSSR count). The summed E-state index contributed by atoms with van der Waals surface area (Å²) in [5.41, 5.74) is -0.0495. The fraction of sp³-hybridized carbons (Fsp3) is 0.294. The van der Waals surface area contributed by atoms with Crippen molar-refractivity contribution in [1.82, 2.24) is 24.5 Å². The molecule has 2 aromatic heterocycles. The van der Waals surface area contributed by atoms with Crippen molar-refractivity contribution >= 4 is 22.6 Å². The molecule has 130 valence electrons. The second-order valence-electron chi connectivity index (χ2n) is 5.88. The average molecular weight is 341 g/mol. The lowest BCUT2D eigenvalue weighted by atomic mass is 10.1. The first-order valence-electron chi connectivity index (χ1n) is 8.03. The molecule has 0 bridgehead atoms. The Morgan fingerprint density at radius 2 is 2.20 bits per heavy atom. The quantitative estimate of drug-likeness (QED) is 0.677. The van der Waals surface area contributed by atoms with Crippen LogP contribution in [0.5, 0.6) is 0 Å². The number of hydrogen-bond acceptors (Lipinski definition) is 4. The molecule has 0 aliphatic heterocycles. The molecule has 1 amide bonds. The number of carbonyl (C=O) groups excluding carboxylic acids is 1. The molecule has 0 spiro atoms. The van der Waals surface area contributed by atoms with Crippen molar-refractivity contribution in [2.45, 2.75) is 32.9 Å². The van der Waals surface area contributed by atoms with E-state index in [-0.39, 0.29) is 29.8 Å². The molecule has 2 heterocycles. The molecule has 0 saturated heterocycles. The molecule has 25 heavy (non-hydrogen) atoms. The standard InChI is InChI=1S/C17H19N5O3/c1-4-8-21-15(24)12-7-6-11(14(23)18-10(3)5-2)9-13(12)22-16(21)19-20-17(22)25/h4,6-7,9-10H,1,5,8H2,2-3H3,(H,18,23)(H,20,25)/t10-/m0/s1. The monoisotopic (exact) mass is 341 g/mol. The molecular weight excluding hydrogens is 322 g/mol. The molecule has 0 unspecified atom stereocenters. The Hall–Kier alpha value is -3.16. The van der Waals surface area contributed by atoms with Gasteiger partial charge in [0.2, 0.25) is 5.78 Å². The number of H-pyrrole nitrogens is 1. The number of nitrogens with zero attached hydrogens (tertiary/aromatic N) is 3. The lowest BCUT2D eigenvalue weighted by Gasteiger charge is -2.12. The maximum absolute atomic E-state index is 12.7. The Morgan fingerprint density at radius 3 is 2.88 bits per heavy atom. The van der Waals surface area contributed by atoms with Gasteiger partial charge >= 0.3 is 5.69 Å². The van der Waals surface area contributed by atoms with Crippen LogP contribution in [0, 0.1) is 0 Å². The maximum Gasteiger partial charge on any atom is 0.349 e. The highest BCUT2D eigenvalue weighted by Crippen LogP contribution is 2.14. The summed E-state index contributed by atoms with van der Waals surface area (Å²) >= 11 is 0. The third kappa shape index (κ3) is 2.75. The van der Waals surface area contributed by atoms with E-state index >= 15 is 0 Å². The normalized spacial score (nSPS) is 12.4. The average Bonchev–Trinajstić information content (AvgIpc) is 2.99. The summed E-state index contributed by atoms with van der Waals surface area (Å²) in [6, 6.07) is 4.70. The third-order valence-electron chi connectivity index (χ3n) is 4.17. The minimum absolute atomic E-state index is 0.0282. The predicted octanol–water partition coefficient (Wildman–Crippen LogP) is 1.05. The molecule has 1 aromatic carbocycles. The summed E-state index contributed by atoms with van der Waals surface area (Å²) in [6.07, 6.45) is 2.36. The van der Waals surface area contributed by atoms with Crippen molar-refractivity contribution in [1.29, 1.82) is 0 Å². The highest BCUT2D eigenvalue weighted by Gasteiger charge is 2.16. The smallest absolute Gasteiger partial charge is 0.349 e. The van der Waals surface area contributed by atoms with Gasteiger partial charge in [-0.15, -0.1) is 11.7 Å². The first-order chi connectivity index (χ1) is 12.0. The largest absolute Gasteiger partial charge is 0.350 e. The lowest BCUT2D eigenvalue weighted by Crippen LogP contribution is -2.32. The predicted molar refractivity (Wildman–Crippen MR) is 95.0 cm³/mol. The van der Waals surface area contributed by atoms with Crippen LogP contribution in [0.25, 0.3) is 16.7 Å². The van der Waals surface area contributed by atoms with Crippen molar-refractivity contribution in [3.05, 3.63) is 57.3 Å². The summed E-state index contributed by atoms with van der Waals surface area (Å²) in [5.74, 6) is -0.0712. The maximum atomic E-state index is 12.7. The van der Waals surface area contributed by atoms with Crippen LogP contribution < -0.4 is 16.6 Å². The zero-order valence-electron chi connectivity index (χ0n) is 14.1. The summed E-state index contributed by atoms with van der Waals surface area (Å²) in [4.78, 5) is 37.2. The highest BCUT2D eigenvalue weighted by atomic mass is 16.2. The Labute approximate surface area is 142 Å². The Morgan fingerprint density at radius 1 is 1.44 bits per heavy atom. The molecule has 0 fully saturated rings. The van der Waals surface area contributed by atoms with Gasteiger partial charge in [0.25, 0.3) is 11.5 Å². The Kier molecular flexibility index (Phi) is 4.26. The fourth-order valence-corrected chi connectivity index (χ4v) is 2.66. The molecule has 1 atom stereocenters. The summed E-state index contributed by atoms with van der Waals surface area (Å²) in [5, 5.41) is 9.47. The number of carbonyl (C=O) groups is 1. The number of aromatic nitrogens is 4. The van der Waals surface area contributed by atoms with E-state index in [1.54, 1.807) is 18.2 Å². The van der Waals surface area contributed by atoms with E-state index in [1.807, 2.05) is 13.8 Å². The van der Waals surface area contributed by atoms with Crippen LogP contribution in [-0.2, 0) is 6.54 Å². The number of hydrogen-bond donors (Lipinski definition) is 2. The van der Waals surface area contributed by atoms with Crippen LogP contribution in [0.15, 0.2) is 40.4 Å². The van der Waals surface area contributed by atoms with Crippen molar-refractivity contribution < 1.29 is 4.79 Å². The number of amides is 1. The molecule has 3 aromatic rings. The van der Waals surface area contributed by atoms with Crippen LogP contribution in [0.2, 0.25) is 0 Å². The summed E-state index contributed by atoms with van der Waals surface area (Å²) in [6.45, 7) is 7.73. The number of allylic oxidation sites excluding steroid dienone is 1. The van der Waals surface area contributed by atoms with Gasteiger partial charge in [-0.2, -0.15) is 0 Å². The number of nitrogens with one attached hydrogen (secondary N) is 2. The molecule has 8 nitrogen and oxygen atoms in total. The van der Waals surface area contributed by atoms with E-state index in [9.17, 15) is 14.4 Å². The molecule has 2 N–H and O–H groups in total. The van der Waals surface area contributed by atoms with Gasteiger partial charge in [0.1, 0.15) is 0 Å². The van der Waals surface area contributed by atoms with E-state index in [1.165, 1.54) is 15.0 Å². The second-order valence-corrected chi connectivity index (χ2v) is 5.88. The van der Waals surface area contributed by atoms with Gasteiger partial charge in [0, 0.05) is 18.2 Å². The topological polar surface area (TPSA) is 101 Å². The van der Waals surface area contributed by atoms with Gasteiger partial charge in [0.05, 0.1) is 10.9 Å². The van der Waals surface area contributed by atoms with Crippen molar-refractivity contribution in [3.63, 3.8) is 0 Å². The number of fused-ring (bicyclic) bond motifs is 3. The first-order valence-corrected chi connectivity index (χ1v) is 8.03. The minimum Gasteiger partial charge on any atom is -0.350 e. The number of benzene rings is 1. The molecule has 0 saturated carbocycles. The van der Waals surface area contributed by atoms with Gasteiger partial charge in [-0.1, -0.05) is 13.0 Å². The molecule has 8 heteroatoms. The molecular formula is C17H19N5O3. The van der Waals surface area contributed by atoms with Gasteiger partial charge in [-0.05, 0) is 31.5 Å². The Balaban J connectivity index is 2.28. The summed E-state index contributed by atoms with van der Waals surface area (Å²) in [7, 11) is 0. The molecule has 0 aliphatic carbocycles. The van der Waals surface area contributed by atoms with Gasteiger partial charge < -0.3 is 5.32 Å². The van der Waals surface area contributed by atoms with Crippen molar-refractivity contribution in [2.24, 2.45) is 0 Å². The van der Waals surface area contributed by atoms with E-state index < -0.39 is 5.69 Å². The van der Waals surface area contributed by atoms with Crippen LogP contribution in [0.4, 0.5) is 0 Å². The number of aromatic amines is 1. The van der Waals surface area contributed by atoms with E-state index in [0.29, 0.717) is 16.5 Å².